The summed E-state index contributed by atoms with van der Waals surface area (Å²) in [7, 11) is 0. The normalized spacial score (nSPS) is 16.7. The van der Waals surface area contributed by atoms with E-state index in [2.05, 4.69) is 25.6 Å². The molecule has 4 rings (SSSR count). The maximum absolute atomic E-state index is 12.8. The predicted molar refractivity (Wildman–Crippen MR) is 99.8 cm³/mol. The molecular formula is C18H20N6O2. The van der Waals surface area contributed by atoms with Crippen molar-refractivity contribution in [3.8, 4) is 0 Å². The second-order valence-corrected chi connectivity index (χ2v) is 6.15. The number of nitrogens with one attached hydrogen (secondary N) is 2. The van der Waals surface area contributed by atoms with Gasteiger partial charge in [0, 0.05) is 31.7 Å². The monoisotopic (exact) mass is 352 g/mol. The van der Waals surface area contributed by atoms with E-state index < -0.39 is 0 Å². The average molecular weight is 352 g/mol. The van der Waals surface area contributed by atoms with Crippen molar-refractivity contribution in [2.75, 3.05) is 23.8 Å². The summed E-state index contributed by atoms with van der Waals surface area (Å²) >= 11 is 0. The van der Waals surface area contributed by atoms with Crippen molar-refractivity contribution in [1.29, 1.82) is 0 Å². The highest BCUT2D eigenvalue weighted by Crippen LogP contribution is 2.25. The summed E-state index contributed by atoms with van der Waals surface area (Å²) in [6.07, 6.45) is 7.54. The molecule has 0 unspecified atom stereocenters. The van der Waals surface area contributed by atoms with Gasteiger partial charge in [-0.3, -0.25) is 9.78 Å². The van der Waals surface area contributed by atoms with Crippen LogP contribution in [-0.4, -0.2) is 38.8 Å². The number of nitrogens with zero attached hydrogens (tertiary/aromatic N) is 4. The molecule has 2 N–H and O–H groups in total. The van der Waals surface area contributed by atoms with Gasteiger partial charge in [-0.05, 0) is 30.9 Å². The van der Waals surface area contributed by atoms with E-state index in [4.69, 9.17) is 4.74 Å². The van der Waals surface area contributed by atoms with E-state index in [9.17, 15) is 4.79 Å². The zero-order valence-corrected chi connectivity index (χ0v) is 14.5. The fourth-order valence-corrected chi connectivity index (χ4v) is 3.06. The van der Waals surface area contributed by atoms with E-state index in [1.807, 2.05) is 19.1 Å². The zero-order chi connectivity index (χ0) is 17.9. The fraction of sp³-hybridized carbons (Fsp3) is 0.333. The van der Waals surface area contributed by atoms with Gasteiger partial charge < -0.3 is 19.9 Å². The van der Waals surface area contributed by atoms with Gasteiger partial charge in [-0.1, -0.05) is 0 Å². The number of pyridine rings is 2. The quantitative estimate of drug-likeness (QED) is 0.726. The Balaban J connectivity index is 1.80. The Kier molecular flexibility index (Phi) is 4.49. The van der Waals surface area contributed by atoms with Crippen LogP contribution in [-0.2, 0) is 11.3 Å². The number of hydrogen-bond acceptors (Lipinski definition) is 7. The van der Waals surface area contributed by atoms with Crippen LogP contribution in [0.3, 0.4) is 0 Å². The Labute approximate surface area is 150 Å². The summed E-state index contributed by atoms with van der Waals surface area (Å²) in [5.41, 5.74) is -0.0510. The van der Waals surface area contributed by atoms with Crippen molar-refractivity contribution in [2.24, 2.45) is 0 Å². The summed E-state index contributed by atoms with van der Waals surface area (Å²) in [5, 5.41) is 7.93. The van der Waals surface area contributed by atoms with E-state index in [0.29, 0.717) is 42.6 Å². The van der Waals surface area contributed by atoms with Crippen molar-refractivity contribution in [3.63, 3.8) is 0 Å². The topological polar surface area (TPSA) is 94.0 Å². The molecule has 3 aromatic rings. The van der Waals surface area contributed by atoms with E-state index in [1.54, 1.807) is 29.4 Å². The van der Waals surface area contributed by atoms with E-state index in [-0.39, 0.29) is 11.6 Å². The van der Waals surface area contributed by atoms with Crippen LogP contribution >= 0.6 is 0 Å². The number of rotatable bonds is 5. The van der Waals surface area contributed by atoms with Crippen LogP contribution in [0.4, 0.5) is 17.5 Å². The average Bonchev–Trinajstić information content (AvgIpc) is 3.16. The number of aromatic nitrogens is 4. The molecule has 0 aliphatic carbocycles. The maximum Gasteiger partial charge on any atom is 0.262 e. The van der Waals surface area contributed by atoms with Crippen molar-refractivity contribution in [2.45, 2.75) is 25.9 Å². The summed E-state index contributed by atoms with van der Waals surface area (Å²) in [4.78, 5) is 25.7. The minimum absolute atomic E-state index is 0.0510. The van der Waals surface area contributed by atoms with Crippen LogP contribution in [0.25, 0.3) is 10.8 Å². The van der Waals surface area contributed by atoms with E-state index in [1.165, 1.54) is 0 Å². The molecule has 1 atom stereocenters. The molecular weight excluding hydrogens is 332 g/mol. The molecule has 0 aromatic carbocycles. The lowest BCUT2D eigenvalue weighted by molar-refractivity contribution is 0.195. The van der Waals surface area contributed by atoms with Crippen LogP contribution in [0.1, 0.15) is 13.3 Å². The molecule has 8 nitrogen and oxygen atoms in total. The van der Waals surface area contributed by atoms with E-state index in [0.717, 1.165) is 11.8 Å². The highest BCUT2D eigenvalue weighted by molar-refractivity contribution is 5.93. The Morgan fingerprint density at radius 2 is 2.27 bits per heavy atom. The van der Waals surface area contributed by atoms with Gasteiger partial charge in [-0.2, -0.15) is 0 Å². The first-order valence-electron chi connectivity index (χ1n) is 8.66. The van der Waals surface area contributed by atoms with Crippen LogP contribution in [0, 0.1) is 0 Å². The van der Waals surface area contributed by atoms with Crippen molar-refractivity contribution < 1.29 is 4.74 Å². The van der Waals surface area contributed by atoms with E-state index >= 15 is 0 Å². The highest BCUT2D eigenvalue weighted by atomic mass is 16.5. The van der Waals surface area contributed by atoms with Crippen molar-refractivity contribution in [3.05, 3.63) is 47.3 Å². The Bertz CT molecular complexity index is 967. The van der Waals surface area contributed by atoms with Gasteiger partial charge in [0.05, 0.1) is 24.2 Å². The Morgan fingerprint density at radius 3 is 3.00 bits per heavy atom. The molecule has 1 aliphatic heterocycles. The van der Waals surface area contributed by atoms with Crippen LogP contribution < -0.4 is 16.2 Å². The molecule has 26 heavy (non-hydrogen) atoms. The first-order chi connectivity index (χ1) is 12.7. The first kappa shape index (κ1) is 16.5. The second kappa shape index (κ2) is 7.09. The van der Waals surface area contributed by atoms with Gasteiger partial charge in [-0.15, -0.1) is 0 Å². The molecule has 0 bridgehead atoms. The second-order valence-electron chi connectivity index (χ2n) is 6.15. The largest absolute Gasteiger partial charge is 0.379 e. The lowest BCUT2D eigenvalue weighted by Crippen LogP contribution is -2.24. The summed E-state index contributed by atoms with van der Waals surface area (Å²) < 4.78 is 7.11. The lowest BCUT2D eigenvalue weighted by Gasteiger charge is -2.16. The standard InChI is InChI=1S/C18H20N6O2/c1-2-24-7-3-12-9-14(22-15-10-19-5-6-20-15)23-17(16(12)18(24)25)21-13-4-8-26-11-13/h3,5-7,9-10,13H,2,4,8,11H2,1H3,(H2,20,21,22,23)/t13-/m0/s1. The van der Waals surface area contributed by atoms with Crippen LogP contribution in [0.5, 0.6) is 0 Å². The van der Waals surface area contributed by atoms with Gasteiger partial charge >= 0.3 is 0 Å². The van der Waals surface area contributed by atoms with Crippen LogP contribution in [0.2, 0.25) is 0 Å². The molecule has 8 heteroatoms. The third-order valence-electron chi connectivity index (χ3n) is 4.39. The van der Waals surface area contributed by atoms with Gasteiger partial charge in [0.2, 0.25) is 0 Å². The van der Waals surface area contributed by atoms with Crippen LogP contribution in [0.15, 0.2) is 41.7 Å². The molecule has 0 spiro atoms. The molecule has 3 aromatic heterocycles. The summed E-state index contributed by atoms with van der Waals surface area (Å²) in [6, 6.07) is 3.93. The van der Waals surface area contributed by atoms with Gasteiger partial charge in [-0.25, -0.2) is 9.97 Å². The van der Waals surface area contributed by atoms with Crippen molar-refractivity contribution >= 4 is 28.2 Å². The van der Waals surface area contributed by atoms with Gasteiger partial charge in [0.25, 0.3) is 5.56 Å². The first-order valence-corrected chi connectivity index (χ1v) is 8.66. The highest BCUT2D eigenvalue weighted by Gasteiger charge is 2.19. The number of fused-ring (bicyclic) bond motifs is 1. The lowest BCUT2D eigenvalue weighted by atomic mass is 10.1. The number of hydrogen-bond donors (Lipinski definition) is 2. The number of ether oxygens (including phenoxy) is 1. The molecule has 4 heterocycles. The number of aryl methyl sites for hydroxylation is 1. The number of anilines is 3. The minimum Gasteiger partial charge on any atom is -0.379 e. The summed E-state index contributed by atoms with van der Waals surface area (Å²) in [6.45, 7) is 3.88. The molecule has 1 aliphatic rings. The summed E-state index contributed by atoms with van der Waals surface area (Å²) in [5.74, 6) is 1.77. The van der Waals surface area contributed by atoms with Gasteiger partial charge in [0.15, 0.2) is 0 Å². The Hall–Kier alpha value is -3.00. The third kappa shape index (κ3) is 3.23. The van der Waals surface area contributed by atoms with Crippen molar-refractivity contribution in [1.82, 2.24) is 19.5 Å². The molecule has 134 valence electrons. The predicted octanol–water partition coefficient (Wildman–Crippen LogP) is 2.15. The van der Waals surface area contributed by atoms with Gasteiger partial charge in [0.1, 0.15) is 17.5 Å². The Morgan fingerprint density at radius 1 is 1.35 bits per heavy atom. The fourth-order valence-electron chi connectivity index (χ4n) is 3.06. The molecule has 1 fully saturated rings. The molecule has 0 radical (unpaired) electrons. The SMILES string of the molecule is CCn1ccc2cc(Nc3cnccn3)nc(N[C@H]3CCOC3)c2c1=O. The third-order valence-corrected chi connectivity index (χ3v) is 4.39. The molecule has 0 amide bonds. The smallest absolute Gasteiger partial charge is 0.262 e. The molecule has 0 saturated carbocycles. The zero-order valence-electron chi connectivity index (χ0n) is 14.5. The maximum atomic E-state index is 12.8. The minimum atomic E-state index is -0.0510. The molecule has 1 saturated heterocycles.